The molecular formula is C12H21N3OS. The molecule has 5 heteroatoms. The smallest absolute Gasteiger partial charge is 0.138 e. The molecule has 1 N–H and O–H groups in total. The summed E-state index contributed by atoms with van der Waals surface area (Å²) in [6.45, 7) is 2.86. The summed E-state index contributed by atoms with van der Waals surface area (Å²) in [5, 5.41) is 14.9. The summed E-state index contributed by atoms with van der Waals surface area (Å²) in [4.78, 5) is 4.19. The van der Waals surface area contributed by atoms with Crippen LogP contribution in [-0.4, -0.2) is 37.0 Å². The molecule has 1 saturated carbocycles. The first-order chi connectivity index (χ1) is 8.29. The van der Waals surface area contributed by atoms with Crippen molar-refractivity contribution < 1.29 is 5.11 Å². The lowest BCUT2D eigenvalue weighted by Crippen LogP contribution is -2.18. The molecule has 0 aliphatic heterocycles. The molecule has 1 aliphatic carbocycles. The maximum Gasteiger partial charge on any atom is 0.138 e. The quantitative estimate of drug-likeness (QED) is 0.843. The molecule has 1 aromatic heterocycles. The van der Waals surface area contributed by atoms with Crippen molar-refractivity contribution in [3.63, 3.8) is 0 Å². The number of nitrogens with zero attached hydrogens (tertiary/aromatic N) is 3. The fraction of sp³-hybridized carbons (Fsp3) is 0.833. The summed E-state index contributed by atoms with van der Waals surface area (Å²) in [6.07, 6.45) is 7.25. The highest BCUT2D eigenvalue weighted by molar-refractivity contribution is 7.99. The van der Waals surface area contributed by atoms with Crippen LogP contribution in [0.2, 0.25) is 0 Å². The fourth-order valence-corrected chi connectivity index (χ4v) is 3.56. The highest BCUT2D eigenvalue weighted by Gasteiger charge is 2.18. The van der Waals surface area contributed by atoms with Gasteiger partial charge in [0.25, 0.3) is 0 Å². The van der Waals surface area contributed by atoms with Gasteiger partial charge in [-0.1, -0.05) is 12.8 Å². The second kappa shape index (κ2) is 6.40. The largest absolute Gasteiger partial charge is 0.392 e. The van der Waals surface area contributed by atoms with Crippen LogP contribution >= 0.6 is 11.8 Å². The van der Waals surface area contributed by atoms with E-state index in [0.717, 1.165) is 23.4 Å². The van der Waals surface area contributed by atoms with Crippen molar-refractivity contribution in [1.82, 2.24) is 14.8 Å². The Labute approximate surface area is 107 Å². The minimum atomic E-state index is -0.296. The summed E-state index contributed by atoms with van der Waals surface area (Å²) in [7, 11) is 0. The molecule has 1 unspecified atom stereocenters. The van der Waals surface area contributed by atoms with Crippen molar-refractivity contribution in [2.75, 3.05) is 5.75 Å². The van der Waals surface area contributed by atoms with E-state index in [0.29, 0.717) is 6.42 Å². The van der Waals surface area contributed by atoms with Gasteiger partial charge in [-0.15, -0.1) is 0 Å². The Balaban J connectivity index is 1.74. The number of aromatic nitrogens is 3. The third-order valence-corrected chi connectivity index (χ3v) is 4.76. The third-order valence-electron chi connectivity index (χ3n) is 3.24. The number of thioether (sulfide) groups is 1. The van der Waals surface area contributed by atoms with Gasteiger partial charge in [-0.05, 0) is 19.8 Å². The van der Waals surface area contributed by atoms with Gasteiger partial charge in [-0.25, -0.2) is 4.98 Å². The molecule has 96 valence electrons. The topological polar surface area (TPSA) is 50.9 Å². The molecule has 1 atom stereocenters. The van der Waals surface area contributed by atoms with E-state index >= 15 is 0 Å². The Hall–Kier alpha value is -0.550. The Morgan fingerprint density at radius 2 is 2.29 bits per heavy atom. The number of aliphatic hydroxyl groups is 1. The van der Waals surface area contributed by atoms with Gasteiger partial charge in [0, 0.05) is 24.0 Å². The van der Waals surface area contributed by atoms with Crippen LogP contribution in [0.5, 0.6) is 0 Å². The molecule has 1 fully saturated rings. The normalized spacial score (nSPS) is 18.7. The summed E-state index contributed by atoms with van der Waals surface area (Å²) in [5.41, 5.74) is 0. The van der Waals surface area contributed by atoms with Gasteiger partial charge >= 0.3 is 0 Å². The number of hydrogen-bond acceptors (Lipinski definition) is 4. The number of hydrogen-bond donors (Lipinski definition) is 1. The molecule has 1 aliphatic rings. The number of rotatable bonds is 6. The second-order valence-corrected chi connectivity index (χ2v) is 5.92. The van der Waals surface area contributed by atoms with Gasteiger partial charge in [0.1, 0.15) is 12.2 Å². The Morgan fingerprint density at radius 1 is 1.53 bits per heavy atom. The zero-order valence-electron chi connectivity index (χ0n) is 10.4. The van der Waals surface area contributed by atoms with Crippen molar-refractivity contribution in [1.29, 1.82) is 0 Å². The van der Waals surface area contributed by atoms with Crippen molar-refractivity contribution in [2.24, 2.45) is 0 Å². The molecular weight excluding hydrogens is 234 g/mol. The van der Waals surface area contributed by atoms with Gasteiger partial charge in [0.05, 0.1) is 6.10 Å². The molecule has 1 aromatic rings. The maximum absolute atomic E-state index is 10.00. The third kappa shape index (κ3) is 3.71. The van der Waals surface area contributed by atoms with E-state index < -0.39 is 0 Å². The van der Waals surface area contributed by atoms with E-state index in [4.69, 9.17) is 0 Å². The molecule has 0 radical (unpaired) electrons. The van der Waals surface area contributed by atoms with E-state index in [9.17, 15) is 5.11 Å². The molecule has 0 saturated heterocycles. The van der Waals surface area contributed by atoms with Crippen LogP contribution in [0.3, 0.4) is 0 Å². The SMILES string of the molecule is CCn1ncnc1CC(O)CSC1CCCC1. The Morgan fingerprint density at radius 3 is 3.00 bits per heavy atom. The van der Waals surface area contributed by atoms with E-state index in [1.54, 1.807) is 6.33 Å². The fourth-order valence-electron chi connectivity index (χ4n) is 2.28. The maximum atomic E-state index is 10.00. The van der Waals surface area contributed by atoms with Crippen molar-refractivity contribution >= 4 is 11.8 Å². The average molecular weight is 255 g/mol. The van der Waals surface area contributed by atoms with Gasteiger partial charge in [-0.3, -0.25) is 4.68 Å². The zero-order chi connectivity index (χ0) is 12.1. The minimum absolute atomic E-state index is 0.296. The second-order valence-electron chi connectivity index (χ2n) is 4.59. The monoisotopic (exact) mass is 255 g/mol. The molecule has 0 aromatic carbocycles. The minimum Gasteiger partial charge on any atom is -0.392 e. The molecule has 1 heterocycles. The summed E-state index contributed by atoms with van der Waals surface area (Å²) >= 11 is 1.92. The van der Waals surface area contributed by atoms with Crippen molar-refractivity contribution in [3.8, 4) is 0 Å². The molecule has 0 amide bonds. The lowest BCUT2D eigenvalue weighted by molar-refractivity contribution is 0.195. The first kappa shape index (κ1) is 12.9. The molecule has 4 nitrogen and oxygen atoms in total. The first-order valence-corrected chi connectivity index (χ1v) is 7.50. The van der Waals surface area contributed by atoms with Gasteiger partial charge in [0.2, 0.25) is 0 Å². The summed E-state index contributed by atoms with van der Waals surface area (Å²) < 4.78 is 1.85. The molecule has 0 bridgehead atoms. The lowest BCUT2D eigenvalue weighted by Gasteiger charge is -2.13. The standard InChI is InChI=1S/C12H21N3OS/c1-2-15-12(13-9-14-15)7-10(16)8-17-11-5-3-4-6-11/h9-11,16H,2-8H2,1H3. The average Bonchev–Trinajstić information content (AvgIpc) is 2.97. The highest BCUT2D eigenvalue weighted by atomic mass is 32.2. The van der Waals surface area contributed by atoms with Crippen LogP contribution < -0.4 is 0 Å². The predicted octanol–water partition coefficient (Wildman–Crippen LogP) is 1.88. The first-order valence-electron chi connectivity index (χ1n) is 6.46. The van der Waals surface area contributed by atoms with E-state index in [2.05, 4.69) is 10.1 Å². The summed E-state index contributed by atoms with van der Waals surface area (Å²) in [6, 6.07) is 0. The van der Waals surface area contributed by atoms with Crippen LogP contribution in [0.4, 0.5) is 0 Å². The Kier molecular flexibility index (Phi) is 4.86. The lowest BCUT2D eigenvalue weighted by atomic mass is 10.3. The zero-order valence-corrected chi connectivity index (χ0v) is 11.2. The van der Waals surface area contributed by atoms with Crippen LogP contribution in [0.15, 0.2) is 6.33 Å². The van der Waals surface area contributed by atoms with Gasteiger partial charge in [0.15, 0.2) is 0 Å². The van der Waals surface area contributed by atoms with Crippen LogP contribution in [0.1, 0.15) is 38.4 Å². The molecule has 17 heavy (non-hydrogen) atoms. The van der Waals surface area contributed by atoms with Crippen LogP contribution in [0, 0.1) is 0 Å². The predicted molar refractivity (Wildman–Crippen MR) is 70.1 cm³/mol. The molecule has 2 rings (SSSR count). The van der Waals surface area contributed by atoms with Crippen molar-refractivity contribution in [2.45, 2.75) is 56.9 Å². The number of aliphatic hydroxyl groups excluding tert-OH is 1. The van der Waals surface area contributed by atoms with Crippen molar-refractivity contribution in [3.05, 3.63) is 12.2 Å². The van der Waals surface area contributed by atoms with E-state index in [-0.39, 0.29) is 6.10 Å². The van der Waals surface area contributed by atoms with E-state index in [1.165, 1.54) is 25.7 Å². The summed E-state index contributed by atoms with van der Waals surface area (Å²) in [5.74, 6) is 1.72. The molecule has 0 spiro atoms. The van der Waals surface area contributed by atoms with Crippen LogP contribution in [-0.2, 0) is 13.0 Å². The number of aryl methyl sites for hydroxylation is 1. The van der Waals surface area contributed by atoms with Crippen LogP contribution in [0.25, 0.3) is 0 Å². The highest BCUT2D eigenvalue weighted by Crippen LogP contribution is 2.29. The Bertz CT molecular complexity index is 336. The van der Waals surface area contributed by atoms with Gasteiger partial charge < -0.3 is 5.11 Å². The van der Waals surface area contributed by atoms with Gasteiger partial charge in [-0.2, -0.15) is 16.9 Å². The van der Waals surface area contributed by atoms with E-state index in [1.807, 2.05) is 23.4 Å².